The minimum Gasteiger partial charge on any atom is -0.356 e. The van der Waals surface area contributed by atoms with Gasteiger partial charge in [-0.15, -0.1) is 0 Å². The number of piperidine rings is 1. The van der Waals surface area contributed by atoms with Crippen LogP contribution >= 0.6 is 0 Å². The molecule has 0 saturated carbocycles. The first-order valence-electron chi connectivity index (χ1n) is 7.22. The summed E-state index contributed by atoms with van der Waals surface area (Å²) in [6.45, 7) is 5.92. The quantitative estimate of drug-likeness (QED) is 0.870. The van der Waals surface area contributed by atoms with Gasteiger partial charge in [0.15, 0.2) is 0 Å². The first-order chi connectivity index (χ1) is 9.15. The third-order valence-electron chi connectivity index (χ3n) is 3.83. The second-order valence-electron chi connectivity index (χ2n) is 5.60. The lowest BCUT2D eigenvalue weighted by Crippen LogP contribution is -2.42. The van der Waals surface area contributed by atoms with E-state index in [4.69, 9.17) is 0 Å². The van der Waals surface area contributed by atoms with Crippen molar-refractivity contribution in [3.8, 4) is 0 Å². The third-order valence-corrected chi connectivity index (χ3v) is 3.83. The molecule has 0 bridgehead atoms. The molecule has 3 heteroatoms. The summed E-state index contributed by atoms with van der Waals surface area (Å²) in [6, 6.07) is 8.96. The number of nitrogens with one attached hydrogen (secondary N) is 2. The van der Waals surface area contributed by atoms with Crippen LogP contribution in [-0.2, 0) is 11.2 Å². The van der Waals surface area contributed by atoms with Crippen molar-refractivity contribution in [3.63, 3.8) is 0 Å². The van der Waals surface area contributed by atoms with Crippen LogP contribution in [0.4, 0.5) is 0 Å². The standard InChI is InChI=1S/C16H24N2O/c1-12-3-5-14(6-4-12)7-9-18-16(19)15-8-10-17-13(2)11-15/h3-6,13,15,17H,7-11H2,1-2H3,(H,18,19)/t13-,15-/m0/s1. The summed E-state index contributed by atoms with van der Waals surface area (Å²) in [5, 5.41) is 6.44. The van der Waals surface area contributed by atoms with Gasteiger partial charge in [-0.2, -0.15) is 0 Å². The van der Waals surface area contributed by atoms with Crippen LogP contribution < -0.4 is 10.6 Å². The highest BCUT2D eigenvalue weighted by Gasteiger charge is 2.24. The Morgan fingerprint density at radius 3 is 2.79 bits per heavy atom. The van der Waals surface area contributed by atoms with E-state index in [0.29, 0.717) is 6.04 Å². The molecule has 3 nitrogen and oxygen atoms in total. The Kier molecular flexibility index (Phi) is 4.97. The Hall–Kier alpha value is -1.35. The average Bonchev–Trinajstić information content (AvgIpc) is 2.41. The van der Waals surface area contributed by atoms with Crippen LogP contribution in [0.2, 0.25) is 0 Å². The monoisotopic (exact) mass is 260 g/mol. The van der Waals surface area contributed by atoms with Crippen LogP contribution in [0.1, 0.15) is 30.9 Å². The zero-order chi connectivity index (χ0) is 13.7. The lowest BCUT2D eigenvalue weighted by molar-refractivity contribution is -0.126. The van der Waals surface area contributed by atoms with Gasteiger partial charge in [0.25, 0.3) is 0 Å². The molecule has 1 aliphatic heterocycles. The summed E-state index contributed by atoms with van der Waals surface area (Å²) in [4.78, 5) is 12.0. The summed E-state index contributed by atoms with van der Waals surface area (Å²) in [5.74, 6) is 0.412. The Morgan fingerprint density at radius 2 is 2.11 bits per heavy atom. The second-order valence-corrected chi connectivity index (χ2v) is 5.60. The summed E-state index contributed by atoms with van der Waals surface area (Å²) >= 11 is 0. The molecule has 104 valence electrons. The molecule has 2 atom stereocenters. The van der Waals surface area contributed by atoms with Crippen LogP contribution in [0.15, 0.2) is 24.3 Å². The smallest absolute Gasteiger partial charge is 0.223 e. The van der Waals surface area contributed by atoms with Crippen LogP contribution in [0, 0.1) is 12.8 Å². The summed E-state index contributed by atoms with van der Waals surface area (Å²) < 4.78 is 0. The van der Waals surface area contributed by atoms with Crippen molar-refractivity contribution in [1.82, 2.24) is 10.6 Å². The predicted molar refractivity (Wildman–Crippen MR) is 78.1 cm³/mol. The van der Waals surface area contributed by atoms with Gasteiger partial charge in [-0.3, -0.25) is 4.79 Å². The van der Waals surface area contributed by atoms with E-state index in [1.54, 1.807) is 0 Å². The second kappa shape index (κ2) is 6.71. The largest absolute Gasteiger partial charge is 0.356 e. The fourth-order valence-corrected chi connectivity index (χ4v) is 2.60. The minimum absolute atomic E-state index is 0.189. The molecule has 1 amide bonds. The van der Waals surface area contributed by atoms with Gasteiger partial charge in [-0.25, -0.2) is 0 Å². The highest BCUT2D eigenvalue weighted by atomic mass is 16.1. The maximum atomic E-state index is 12.0. The van der Waals surface area contributed by atoms with E-state index in [9.17, 15) is 4.79 Å². The van der Waals surface area contributed by atoms with E-state index < -0.39 is 0 Å². The molecule has 2 N–H and O–H groups in total. The molecule has 19 heavy (non-hydrogen) atoms. The van der Waals surface area contributed by atoms with Gasteiger partial charge in [-0.05, 0) is 45.2 Å². The Morgan fingerprint density at radius 1 is 1.37 bits per heavy atom. The SMILES string of the molecule is Cc1ccc(CCNC(=O)[C@H]2CCN[C@@H](C)C2)cc1. The van der Waals surface area contributed by atoms with Gasteiger partial charge >= 0.3 is 0 Å². The Balaban J connectivity index is 1.73. The molecule has 0 spiro atoms. The number of amides is 1. The summed E-state index contributed by atoms with van der Waals surface area (Å²) in [5.41, 5.74) is 2.56. The predicted octanol–water partition coefficient (Wildman–Crippen LogP) is 2.04. The summed E-state index contributed by atoms with van der Waals surface area (Å²) in [7, 11) is 0. The molecule has 1 aliphatic rings. The molecule has 0 radical (unpaired) electrons. The van der Waals surface area contributed by atoms with Crippen molar-refractivity contribution in [2.45, 2.75) is 39.2 Å². The van der Waals surface area contributed by atoms with Crippen molar-refractivity contribution in [1.29, 1.82) is 0 Å². The number of carbonyl (C=O) groups excluding carboxylic acids is 1. The fraction of sp³-hybridized carbons (Fsp3) is 0.562. The number of hydrogen-bond acceptors (Lipinski definition) is 2. The zero-order valence-electron chi connectivity index (χ0n) is 11.9. The molecular formula is C16H24N2O. The van der Waals surface area contributed by atoms with E-state index in [-0.39, 0.29) is 11.8 Å². The summed E-state index contributed by atoms with van der Waals surface area (Å²) in [6.07, 6.45) is 2.82. The van der Waals surface area contributed by atoms with Crippen LogP contribution in [0.5, 0.6) is 0 Å². The number of benzene rings is 1. The molecule has 1 aromatic carbocycles. The van der Waals surface area contributed by atoms with Gasteiger partial charge < -0.3 is 10.6 Å². The van der Waals surface area contributed by atoms with Gasteiger partial charge in [0.2, 0.25) is 5.91 Å². The van der Waals surface area contributed by atoms with Gasteiger partial charge in [-0.1, -0.05) is 29.8 Å². The normalized spacial score (nSPS) is 23.1. The lowest BCUT2D eigenvalue weighted by atomic mass is 9.92. The molecule has 0 aliphatic carbocycles. The highest BCUT2D eigenvalue weighted by Crippen LogP contribution is 2.15. The van der Waals surface area contributed by atoms with E-state index in [2.05, 4.69) is 48.7 Å². The maximum absolute atomic E-state index is 12.0. The number of hydrogen-bond donors (Lipinski definition) is 2. The van der Waals surface area contributed by atoms with Crippen molar-refractivity contribution in [2.24, 2.45) is 5.92 Å². The molecule has 1 aromatic rings. The fourth-order valence-electron chi connectivity index (χ4n) is 2.60. The van der Waals surface area contributed by atoms with Gasteiger partial charge in [0.05, 0.1) is 0 Å². The molecule has 2 rings (SSSR count). The van der Waals surface area contributed by atoms with E-state index >= 15 is 0 Å². The highest BCUT2D eigenvalue weighted by molar-refractivity contribution is 5.78. The van der Waals surface area contributed by atoms with Crippen molar-refractivity contribution >= 4 is 5.91 Å². The molecule has 1 fully saturated rings. The zero-order valence-corrected chi connectivity index (χ0v) is 11.9. The van der Waals surface area contributed by atoms with Crippen molar-refractivity contribution in [2.75, 3.05) is 13.1 Å². The number of aryl methyl sites for hydroxylation is 1. The molecule has 0 unspecified atom stereocenters. The first kappa shape index (κ1) is 14.1. The van der Waals surface area contributed by atoms with E-state index in [0.717, 1.165) is 32.4 Å². The third kappa shape index (κ3) is 4.35. The van der Waals surface area contributed by atoms with Crippen molar-refractivity contribution < 1.29 is 4.79 Å². The first-order valence-corrected chi connectivity index (χ1v) is 7.22. The lowest BCUT2D eigenvalue weighted by Gasteiger charge is -2.27. The number of rotatable bonds is 4. The minimum atomic E-state index is 0.189. The van der Waals surface area contributed by atoms with E-state index in [1.807, 2.05) is 0 Å². The molecule has 1 heterocycles. The van der Waals surface area contributed by atoms with Gasteiger partial charge in [0, 0.05) is 18.5 Å². The van der Waals surface area contributed by atoms with E-state index in [1.165, 1.54) is 11.1 Å². The van der Waals surface area contributed by atoms with Gasteiger partial charge in [0.1, 0.15) is 0 Å². The van der Waals surface area contributed by atoms with Crippen LogP contribution in [-0.4, -0.2) is 25.0 Å². The maximum Gasteiger partial charge on any atom is 0.223 e. The number of carbonyl (C=O) groups is 1. The molecule has 0 aromatic heterocycles. The average molecular weight is 260 g/mol. The van der Waals surface area contributed by atoms with Crippen LogP contribution in [0.25, 0.3) is 0 Å². The topological polar surface area (TPSA) is 41.1 Å². The Bertz CT molecular complexity index is 413. The molecular weight excluding hydrogens is 236 g/mol. The molecule has 1 saturated heterocycles. The Labute approximate surface area is 115 Å². The van der Waals surface area contributed by atoms with Crippen LogP contribution in [0.3, 0.4) is 0 Å². The van der Waals surface area contributed by atoms with Crippen molar-refractivity contribution in [3.05, 3.63) is 35.4 Å².